The fraction of sp³-hybridized carbons (Fsp3) is 0.562. The van der Waals surface area contributed by atoms with Crippen LogP contribution in [0.1, 0.15) is 44.9 Å². The Labute approximate surface area is 114 Å². The molecule has 2 aromatic rings. The van der Waals surface area contributed by atoms with E-state index in [4.69, 9.17) is 4.98 Å². The standard InChI is InChI=1S/C16H21N3/c1-16(10-11-19(16)12-6-2-3-7-12)15-17-13-8-4-5-9-14(13)18-15/h4-5,8-9,12H,2-3,6-7,10-11H2,1H3,(H,17,18). The number of hydrogen-bond donors (Lipinski definition) is 1. The predicted octanol–water partition coefficient (Wildman–Crippen LogP) is 3.43. The molecule has 2 heterocycles. The molecule has 19 heavy (non-hydrogen) atoms. The summed E-state index contributed by atoms with van der Waals surface area (Å²) >= 11 is 0. The molecule has 0 radical (unpaired) electrons. The maximum Gasteiger partial charge on any atom is 0.127 e. The molecule has 2 aliphatic rings. The highest BCUT2D eigenvalue weighted by Gasteiger charge is 2.47. The lowest BCUT2D eigenvalue weighted by atomic mass is 9.83. The van der Waals surface area contributed by atoms with Crippen LogP contribution in [0.2, 0.25) is 0 Å². The zero-order valence-electron chi connectivity index (χ0n) is 11.5. The quantitative estimate of drug-likeness (QED) is 0.891. The zero-order chi connectivity index (χ0) is 12.9. The molecule has 1 aliphatic carbocycles. The van der Waals surface area contributed by atoms with Crippen LogP contribution >= 0.6 is 0 Å². The molecule has 100 valence electrons. The van der Waals surface area contributed by atoms with Crippen LogP contribution in [0.25, 0.3) is 11.0 Å². The number of H-pyrrole nitrogens is 1. The van der Waals surface area contributed by atoms with Crippen molar-refractivity contribution < 1.29 is 0 Å². The van der Waals surface area contributed by atoms with Gasteiger partial charge >= 0.3 is 0 Å². The maximum atomic E-state index is 4.83. The van der Waals surface area contributed by atoms with Crippen LogP contribution in [0, 0.1) is 0 Å². The van der Waals surface area contributed by atoms with Crippen molar-refractivity contribution in [1.82, 2.24) is 14.9 Å². The summed E-state index contributed by atoms with van der Waals surface area (Å²) < 4.78 is 0. The fourth-order valence-electron chi connectivity index (χ4n) is 3.84. The smallest absolute Gasteiger partial charge is 0.127 e. The molecule has 1 saturated heterocycles. The first kappa shape index (κ1) is 11.5. The third-order valence-corrected chi connectivity index (χ3v) is 5.14. The van der Waals surface area contributed by atoms with Gasteiger partial charge in [-0.2, -0.15) is 0 Å². The van der Waals surface area contributed by atoms with E-state index in [2.05, 4.69) is 41.1 Å². The number of aromatic amines is 1. The minimum absolute atomic E-state index is 0.133. The third kappa shape index (κ3) is 1.64. The van der Waals surface area contributed by atoms with Crippen LogP contribution in [0.4, 0.5) is 0 Å². The van der Waals surface area contributed by atoms with E-state index in [0.29, 0.717) is 0 Å². The molecule has 1 unspecified atom stereocenters. The minimum Gasteiger partial charge on any atom is -0.340 e. The Morgan fingerprint density at radius 2 is 2.05 bits per heavy atom. The number of fused-ring (bicyclic) bond motifs is 1. The molecule has 1 atom stereocenters. The van der Waals surface area contributed by atoms with E-state index in [1.165, 1.54) is 38.6 Å². The van der Waals surface area contributed by atoms with Gasteiger partial charge in [0, 0.05) is 12.6 Å². The van der Waals surface area contributed by atoms with Gasteiger partial charge in [-0.3, -0.25) is 4.90 Å². The molecule has 0 amide bonds. The normalized spacial score (nSPS) is 28.9. The van der Waals surface area contributed by atoms with Crippen LogP contribution in [0.5, 0.6) is 0 Å². The van der Waals surface area contributed by atoms with Crippen molar-refractivity contribution in [1.29, 1.82) is 0 Å². The molecule has 3 nitrogen and oxygen atoms in total. The van der Waals surface area contributed by atoms with Gasteiger partial charge in [-0.15, -0.1) is 0 Å². The molecule has 1 saturated carbocycles. The van der Waals surface area contributed by atoms with E-state index < -0.39 is 0 Å². The Morgan fingerprint density at radius 3 is 2.74 bits per heavy atom. The maximum absolute atomic E-state index is 4.83. The average molecular weight is 255 g/mol. The number of hydrogen-bond acceptors (Lipinski definition) is 2. The number of aromatic nitrogens is 2. The summed E-state index contributed by atoms with van der Waals surface area (Å²) in [5, 5.41) is 0. The van der Waals surface area contributed by atoms with Crippen molar-refractivity contribution in [3.8, 4) is 0 Å². The van der Waals surface area contributed by atoms with E-state index in [1.807, 2.05) is 0 Å². The molecule has 1 aromatic carbocycles. The molecule has 0 spiro atoms. The second kappa shape index (κ2) is 4.07. The summed E-state index contributed by atoms with van der Waals surface area (Å²) in [6, 6.07) is 9.13. The van der Waals surface area contributed by atoms with Gasteiger partial charge in [-0.25, -0.2) is 4.98 Å². The molecular formula is C16H21N3. The van der Waals surface area contributed by atoms with Gasteiger partial charge in [0.25, 0.3) is 0 Å². The number of nitrogens with zero attached hydrogens (tertiary/aromatic N) is 2. The lowest BCUT2D eigenvalue weighted by Crippen LogP contribution is -2.59. The summed E-state index contributed by atoms with van der Waals surface area (Å²) in [5.74, 6) is 1.16. The van der Waals surface area contributed by atoms with Gasteiger partial charge in [-0.1, -0.05) is 25.0 Å². The van der Waals surface area contributed by atoms with Crippen LogP contribution < -0.4 is 0 Å². The zero-order valence-corrected chi connectivity index (χ0v) is 11.5. The number of benzene rings is 1. The van der Waals surface area contributed by atoms with Gasteiger partial charge in [0.2, 0.25) is 0 Å². The SMILES string of the molecule is CC1(c2nc3ccccc3[nH]2)CCN1C1CCCC1. The van der Waals surface area contributed by atoms with Crippen LogP contribution in [0.3, 0.4) is 0 Å². The lowest BCUT2D eigenvalue weighted by Gasteiger charge is -2.52. The highest BCUT2D eigenvalue weighted by molar-refractivity contribution is 5.75. The predicted molar refractivity (Wildman–Crippen MR) is 77.0 cm³/mol. The van der Waals surface area contributed by atoms with Crippen molar-refractivity contribution in [3.63, 3.8) is 0 Å². The van der Waals surface area contributed by atoms with Crippen LogP contribution in [-0.2, 0) is 5.54 Å². The van der Waals surface area contributed by atoms with E-state index in [9.17, 15) is 0 Å². The van der Waals surface area contributed by atoms with Crippen molar-refractivity contribution in [2.45, 2.75) is 50.6 Å². The van der Waals surface area contributed by atoms with Crippen LogP contribution in [-0.4, -0.2) is 27.5 Å². The first-order valence-electron chi connectivity index (χ1n) is 7.49. The molecule has 0 bridgehead atoms. The van der Waals surface area contributed by atoms with Gasteiger partial charge in [0.15, 0.2) is 0 Å². The molecule has 1 N–H and O–H groups in total. The molecule has 3 heteroatoms. The van der Waals surface area contributed by atoms with E-state index in [0.717, 1.165) is 22.9 Å². The largest absolute Gasteiger partial charge is 0.340 e. The van der Waals surface area contributed by atoms with Crippen molar-refractivity contribution in [2.24, 2.45) is 0 Å². The number of imidazole rings is 1. The third-order valence-electron chi connectivity index (χ3n) is 5.14. The second-order valence-corrected chi connectivity index (χ2v) is 6.26. The molecule has 4 rings (SSSR count). The summed E-state index contributed by atoms with van der Waals surface area (Å²) in [6.07, 6.45) is 6.77. The number of likely N-dealkylation sites (tertiary alicyclic amines) is 1. The Morgan fingerprint density at radius 1 is 1.26 bits per heavy atom. The van der Waals surface area contributed by atoms with Crippen molar-refractivity contribution in [2.75, 3.05) is 6.54 Å². The van der Waals surface area contributed by atoms with Gasteiger partial charge in [0.05, 0.1) is 16.6 Å². The highest BCUT2D eigenvalue weighted by atomic mass is 15.3. The molecule has 1 aliphatic heterocycles. The van der Waals surface area contributed by atoms with E-state index in [1.54, 1.807) is 0 Å². The first-order chi connectivity index (χ1) is 9.27. The van der Waals surface area contributed by atoms with E-state index in [-0.39, 0.29) is 5.54 Å². The molecular weight excluding hydrogens is 234 g/mol. The average Bonchev–Trinajstić information content (AvgIpc) is 3.04. The fourth-order valence-corrected chi connectivity index (χ4v) is 3.84. The Balaban J connectivity index is 1.69. The topological polar surface area (TPSA) is 31.9 Å². The summed E-state index contributed by atoms with van der Waals surface area (Å²) in [4.78, 5) is 11.0. The van der Waals surface area contributed by atoms with Gasteiger partial charge in [0.1, 0.15) is 5.82 Å². The minimum atomic E-state index is 0.133. The van der Waals surface area contributed by atoms with Gasteiger partial charge < -0.3 is 4.98 Å². The number of para-hydroxylation sites is 2. The monoisotopic (exact) mass is 255 g/mol. The molecule has 2 fully saturated rings. The highest BCUT2D eigenvalue weighted by Crippen LogP contribution is 2.44. The Hall–Kier alpha value is -1.35. The van der Waals surface area contributed by atoms with Crippen molar-refractivity contribution >= 4 is 11.0 Å². The molecule has 1 aromatic heterocycles. The van der Waals surface area contributed by atoms with Crippen molar-refractivity contribution in [3.05, 3.63) is 30.1 Å². The number of nitrogens with one attached hydrogen (secondary N) is 1. The van der Waals surface area contributed by atoms with E-state index >= 15 is 0 Å². The van der Waals surface area contributed by atoms with Gasteiger partial charge in [-0.05, 0) is 38.3 Å². The Kier molecular flexibility index (Phi) is 2.46. The summed E-state index contributed by atoms with van der Waals surface area (Å²) in [7, 11) is 0. The first-order valence-corrected chi connectivity index (χ1v) is 7.49. The summed E-state index contributed by atoms with van der Waals surface area (Å²) in [6.45, 7) is 3.59. The summed E-state index contributed by atoms with van der Waals surface area (Å²) in [5.41, 5.74) is 2.39. The lowest BCUT2D eigenvalue weighted by molar-refractivity contribution is -0.0456. The second-order valence-electron chi connectivity index (χ2n) is 6.26. The number of rotatable bonds is 2. The van der Waals surface area contributed by atoms with Crippen LogP contribution in [0.15, 0.2) is 24.3 Å². The Bertz CT molecular complexity index is 564.